The number of ether oxygens (including phenoxy) is 3. The first-order valence-electron chi connectivity index (χ1n) is 8.73. The van der Waals surface area contributed by atoms with Crippen molar-refractivity contribution in [3.8, 4) is 23.0 Å². The first kappa shape index (κ1) is 21.5. The van der Waals surface area contributed by atoms with E-state index < -0.39 is 0 Å². The Bertz CT molecular complexity index is 937. The van der Waals surface area contributed by atoms with Gasteiger partial charge in [0.1, 0.15) is 19.2 Å². The maximum Gasteiger partial charge on any atom is 0.161 e. The van der Waals surface area contributed by atoms with Gasteiger partial charge in [-0.05, 0) is 42.0 Å². The van der Waals surface area contributed by atoms with Gasteiger partial charge in [-0.15, -0.1) is 0 Å². The van der Waals surface area contributed by atoms with E-state index in [1.807, 2.05) is 30.3 Å². The second-order valence-electron chi connectivity index (χ2n) is 5.85. The van der Waals surface area contributed by atoms with Crippen LogP contribution in [-0.4, -0.2) is 31.9 Å². The third kappa shape index (κ3) is 6.39. The van der Waals surface area contributed by atoms with Crippen LogP contribution in [0.1, 0.15) is 26.3 Å². The third-order valence-electron chi connectivity index (χ3n) is 3.90. The maximum absolute atomic E-state index is 10.7. The number of aromatic hydroxyl groups is 1. The molecular formula is C23H22O6. The number of carbonyl (C=O) groups excluding carboxylic acids is 2. The number of phenols is 1. The Balaban J connectivity index is 0.000000234. The highest BCUT2D eigenvalue weighted by Crippen LogP contribution is 2.28. The normalized spacial score (nSPS) is 9.59. The number of phenolic OH excluding ortho intramolecular Hbond substituents is 1. The molecule has 0 saturated heterocycles. The summed E-state index contributed by atoms with van der Waals surface area (Å²) in [5.74, 6) is 1.55. The minimum absolute atomic E-state index is 0.0399. The summed E-state index contributed by atoms with van der Waals surface area (Å²) < 4.78 is 15.6. The van der Waals surface area contributed by atoms with Crippen LogP contribution < -0.4 is 14.2 Å². The van der Waals surface area contributed by atoms with E-state index in [9.17, 15) is 9.59 Å². The highest BCUT2D eigenvalue weighted by Gasteiger charge is 2.05. The van der Waals surface area contributed by atoms with Crippen LogP contribution in [0.15, 0.2) is 66.7 Å². The maximum atomic E-state index is 10.7. The number of hydrogen-bond acceptors (Lipinski definition) is 6. The van der Waals surface area contributed by atoms with Gasteiger partial charge in [-0.1, -0.05) is 30.3 Å². The molecule has 3 aromatic rings. The van der Waals surface area contributed by atoms with Crippen LogP contribution >= 0.6 is 0 Å². The smallest absolute Gasteiger partial charge is 0.161 e. The lowest BCUT2D eigenvalue weighted by Gasteiger charge is -2.10. The predicted molar refractivity (Wildman–Crippen MR) is 109 cm³/mol. The van der Waals surface area contributed by atoms with E-state index in [2.05, 4.69) is 0 Å². The average molecular weight is 394 g/mol. The molecule has 0 spiro atoms. The molecule has 1 N–H and O–H groups in total. The number of carbonyl (C=O) groups is 2. The molecule has 29 heavy (non-hydrogen) atoms. The standard InChI is InChI=1S/C15H14O3.C8H8O3/c1-17-15-9-13(10-16)7-8-14(15)18-11-12-5-3-2-4-6-12;1-11-8-4-6(5-9)2-3-7(8)10/h2-10H,11H2,1H3;2-5,10H,1H3. The molecule has 0 fully saturated rings. The fraction of sp³-hybridized carbons (Fsp3) is 0.130. The molecule has 6 nitrogen and oxygen atoms in total. The fourth-order valence-electron chi connectivity index (χ4n) is 2.38. The molecule has 0 saturated carbocycles. The summed E-state index contributed by atoms with van der Waals surface area (Å²) >= 11 is 0. The molecule has 0 aliphatic rings. The Morgan fingerprint density at radius 2 is 1.34 bits per heavy atom. The monoisotopic (exact) mass is 394 g/mol. The number of benzene rings is 3. The molecule has 0 amide bonds. The van der Waals surface area contributed by atoms with Crippen molar-refractivity contribution in [3.63, 3.8) is 0 Å². The molecule has 0 aliphatic heterocycles. The van der Waals surface area contributed by atoms with Crippen LogP contribution in [0.4, 0.5) is 0 Å². The Morgan fingerprint density at radius 3 is 1.93 bits per heavy atom. The number of hydrogen-bond donors (Lipinski definition) is 1. The average Bonchev–Trinajstić information content (AvgIpc) is 2.79. The quantitative estimate of drug-likeness (QED) is 0.602. The summed E-state index contributed by atoms with van der Waals surface area (Å²) in [6, 6.07) is 19.4. The number of methoxy groups -OCH3 is 2. The molecule has 0 radical (unpaired) electrons. The molecule has 6 heteroatoms. The van der Waals surface area contributed by atoms with Gasteiger partial charge in [-0.2, -0.15) is 0 Å². The first-order valence-corrected chi connectivity index (χ1v) is 8.73. The van der Waals surface area contributed by atoms with Gasteiger partial charge in [-0.3, -0.25) is 9.59 Å². The van der Waals surface area contributed by atoms with Gasteiger partial charge >= 0.3 is 0 Å². The van der Waals surface area contributed by atoms with Crippen molar-refractivity contribution in [2.45, 2.75) is 6.61 Å². The van der Waals surface area contributed by atoms with Crippen LogP contribution in [0.3, 0.4) is 0 Å². The van der Waals surface area contributed by atoms with Gasteiger partial charge in [0.15, 0.2) is 23.0 Å². The zero-order valence-electron chi connectivity index (χ0n) is 16.2. The van der Waals surface area contributed by atoms with Crippen molar-refractivity contribution in [1.82, 2.24) is 0 Å². The Kier molecular flexibility index (Phi) is 8.26. The van der Waals surface area contributed by atoms with Gasteiger partial charge in [0.25, 0.3) is 0 Å². The molecule has 3 rings (SSSR count). The summed E-state index contributed by atoms with van der Waals surface area (Å²) in [5.41, 5.74) is 2.14. The number of aldehydes is 2. The topological polar surface area (TPSA) is 82.1 Å². The fourth-order valence-corrected chi connectivity index (χ4v) is 2.38. The Labute approximate surface area is 169 Å². The molecule has 3 aromatic carbocycles. The van der Waals surface area contributed by atoms with E-state index in [0.29, 0.717) is 41.3 Å². The van der Waals surface area contributed by atoms with Gasteiger partial charge in [0.2, 0.25) is 0 Å². The lowest BCUT2D eigenvalue weighted by Crippen LogP contribution is -1.98. The first-order chi connectivity index (χ1) is 14.1. The largest absolute Gasteiger partial charge is 0.504 e. The predicted octanol–water partition coefficient (Wildman–Crippen LogP) is 4.30. The summed E-state index contributed by atoms with van der Waals surface area (Å²) in [6.07, 6.45) is 1.48. The molecular weight excluding hydrogens is 372 g/mol. The Morgan fingerprint density at radius 1 is 0.759 bits per heavy atom. The number of rotatable bonds is 7. The molecule has 0 bridgehead atoms. The van der Waals surface area contributed by atoms with E-state index in [1.165, 1.54) is 25.3 Å². The zero-order chi connectivity index (χ0) is 21.1. The van der Waals surface area contributed by atoms with Crippen molar-refractivity contribution >= 4 is 12.6 Å². The zero-order valence-corrected chi connectivity index (χ0v) is 16.2. The van der Waals surface area contributed by atoms with Crippen molar-refractivity contribution in [2.75, 3.05) is 14.2 Å². The molecule has 0 aromatic heterocycles. The minimum atomic E-state index is 0.0399. The molecule has 0 unspecified atom stereocenters. The van der Waals surface area contributed by atoms with Crippen molar-refractivity contribution < 1.29 is 28.9 Å². The second kappa shape index (κ2) is 11.1. The summed E-state index contributed by atoms with van der Waals surface area (Å²) in [4.78, 5) is 20.9. The van der Waals surface area contributed by atoms with E-state index in [1.54, 1.807) is 25.3 Å². The summed E-state index contributed by atoms with van der Waals surface area (Å²) in [5, 5.41) is 9.09. The lowest BCUT2D eigenvalue weighted by atomic mass is 10.2. The summed E-state index contributed by atoms with van der Waals surface area (Å²) in [6.45, 7) is 0.470. The van der Waals surface area contributed by atoms with Crippen molar-refractivity contribution in [2.24, 2.45) is 0 Å². The van der Waals surface area contributed by atoms with E-state index >= 15 is 0 Å². The van der Waals surface area contributed by atoms with E-state index in [4.69, 9.17) is 19.3 Å². The molecule has 0 aliphatic carbocycles. The van der Waals surface area contributed by atoms with Gasteiger partial charge < -0.3 is 19.3 Å². The van der Waals surface area contributed by atoms with E-state index in [0.717, 1.165) is 11.8 Å². The van der Waals surface area contributed by atoms with Crippen LogP contribution in [0.5, 0.6) is 23.0 Å². The summed E-state index contributed by atoms with van der Waals surface area (Å²) in [7, 11) is 2.99. The van der Waals surface area contributed by atoms with Gasteiger partial charge in [0, 0.05) is 11.1 Å². The van der Waals surface area contributed by atoms with Gasteiger partial charge in [-0.25, -0.2) is 0 Å². The van der Waals surface area contributed by atoms with Crippen LogP contribution in [0, 0.1) is 0 Å². The lowest BCUT2D eigenvalue weighted by molar-refractivity contribution is 0.111. The molecule has 0 atom stereocenters. The van der Waals surface area contributed by atoms with Crippen LogP contribution in [0.2, 0.25) is 0 Å². The second-order valence-corrected chi connectivity index (χ2v) is 5.85. The molecule has 0 heterocycles. The van der Waals surface area contributed by atoms with Crippen molar-refractivity contribution in [3.05, 3.63) is 83.4 Å². The highest BCUT2D eigenvalue weighted by molar-refractivity contribution is 5.76. The van der Waals surface area contributed by atoms with Crippen LogP contribution in [-0.2, 0) is 6.61 Å². The van der Waals surface area contributed by atoms with Gasteiger partial charge in [0.05, 0.1) is 14.2 Å². The van der Waals surface area contributed by atoms with E-state index in [-0.39, 0.29) is 5.75 Å². The molecule has 150 valence electrons. The minimum Gasteiger partial charge on any atom is -0.504 e. The highest BCUT2D eigenvalue weighted by atomic mass is 16.5. The van der Waals surface area contributed by atoms with Crippen molar-refractivity contribution in [1.29, 1.82) is 0 Å². The SMILES string of the molecule is COc1cc(C=O)ccc1O.COc1cc(C=O)ccc1OCc1ccccc1. The third-order valence-corrected chi connectivity index (χ3v) is 3.90. The Hall–Kier alpha value is -3.80. The van der Waals surface area contributed by atoms with Crippen LogP contribution in [0.25, 0.3) is 0 Å².